The van der Waals surface area contributed by atoms with Crippen molar-refractivity contribution in [1.82, 2.24) is 25.5 Å². The molecule has 14 heteroatoms. The standard InChI is InChI=1S/C25H36N8O6/c1-28-24(38)20(34)8-7-16(30-23(37)19(12-26)32(2)27)22(36)31-17-4-3-9-33(25(17)39)13-21(35)29-18-11-14-5-6-15(18)10-14/h3-4,9,12,14-16,18H,5-8,10-11,13,26-27H2,1-2H3,(H,28,38)(H,29,35)(H,30,37)(H,31,36)/b19-12-/t14?,15?,16-,18?/m0/s1. The molecule has 2 bridgehead atoms. The molecule has 0 aliphatic heterocycles. The van der Waals surface area contributed by atoms with Gasteiger partial charge in [0.1, 0.15) is 24.0 Å². The number of nitrogens with one attached hydrogen (secondary N) is 4. The van der Waals surface area contributed by atoms with Crippen LogP contribution in [-0.2, 0) is 30.5 Å². The van der Waals surface area contributed by atoms with Crippen molar-refractivity contribution < 1.29 is 24.0 Å². The number of hydrazine groups is 1. The third kappa shape index (κ3) is 7.44. The minimum absolute atomic E-state index is 0.122. The van der Waals surface area contributed by atoms with Gasteiger partial charge in [-0.1, -0.05) is 6.42 Å². The minimum Gasteiger partial charge on any atom is -0.403 e. The van der Waals surface area contributed by atoms with Gasteiger partial charge in [-0.15, -0.1) is 0 Å². The molecular formula is C25H36N8O6. The molecule has 3 unspecified atom stereocenters. The molecule has 4 atom stereocenters. The van der Waals surface area contributed by atoms with Crippen molar-refractivity contribution >= 4 is 35.1 Å². The Morgan fingerprint density at radius 3 is 2.51 bits per heavy atom. The summed E-state index contributed by atoms with van der Waals surface area (Å²) in [6.07, 6.45) is 6.16. The lowest BCUT2D eigenvalue weighted by Gasteiger charge is -2.23. The number of carbonyl (C=O) groups excluding carboxylic acids is 5. The molecule has 2 aliphatic carbocycles. The van der Waals surface area contributed by atoms with Crippen LogP contribution in [0.5, 0.6) is 0 Å². The summed E-state index contributed by atoms with van der Waals surface area (Å²) in [7, 11) is 2.66. The summed E-state index contributed by atoms with van der Waals surface area (Å²) in [4.78, 5) is 75.0. The maximum absolute atomic E-state index is 13.1. The number of hydrogen-bond donors (Lipinski definition) is 6. The van der Waals surface area contributed by atoms with Gasteiger partial charge in [0.2, 0.25) is 17.6 Å². The Bertz CT molecular complexity index is 1210. The summed E-state index contributed by atoms with van der Waals surface area (Å²) in [5.41, 5.74) is 4.54. The molecular weight excluding hydrogens is 508 g/mol. The second-order valence-corrected chi connectivity index (χ2v) is 9.92. The average Bonchev–Trinajstić information content (AvgIpc) is 3.51. The fourth-order valence-corrected chi connectivity index (χ4v) is 5.19. The van der Waals surface area contributed by atoms with Crippen LogP contribution in [0.25, 0.3) is 0 Å². The van der Waals surface area contributed by atoms with E-state index in [9.17, 15) is 28.8 Å². The first-order valence-corrected chi connectivity index (χ1v) is 12.8. The summed E-state index contributed by atoms with van der Waals surface area (Å²) < 4.78 is 1.18. The second-order valence-electron chi connectivity index (χ2n) is 9.92. The van der Waals surface area contributed by atoms with Gasteiger partial charge in [0.05, 0.1) is 0 Å². The number of nitrogens with two attached hydrogens (primary N) is 2. The normalized spacial score (nSPS) is 20.6. The van der Waals surface area contributed by atoms with Crippen molar-refractivity contribution in [2.24, 2.45) is 23.4 Å². The molecule has 0 aromatic carbocycles. The predicted octanol–water partition coefficient (Wildman–Crippen LogP) is -1.72. The Hall–Kier alpha value is -4.20. The van der Waals surface area contributed by atoms with E-state index in [2.05, 4.69) is 21.3 Å². The molecule has 0 saturated heterocycles. The van der Waals surface area contributed by atoms with Crippen LogP contribution in [-0.4, -0.2) is 65.2 Å². The molecule has 1 aromatic heterocycles. The molecule has 1 aromatic rings. The number of amides is 4. The Kier molecular flexibility index (Phi) is 9.82. The fourth-order valence-electron chi connectivity index (χ4n) is 5.19. The maximum atomic E-state index is 13.1. The first-order chi connectivity index (χ1) is 18.5. The van der Waals surface area contributed by atoms with Gasteiger partial charge in [0, 0.05) is 39.0 Å². The molecule has 39 heavy (non-hydrogen) atoms. The SMILES string of the molecule is CNC(=O)C(=O)CC[C@H](NC(=O)/C(=C/N)N(C)N)C(=O)Nc1cccn(CC(=O)NC2CC3CCC2C3)c1=O. The number of anilines is 1. The zero-order chi connectivity index (χ0) is 28.7. The van der Waals surface area contributed by atoms with Crippen LogP contribution in [0.1, 0.15) is 38.5 Å². The van der Waals surface area contributed by atoms with E-state index in [1.165, 1.54) is 43.4 Å². The Morgan fingerprint density at radius 1 is 1.18 bits per heavy atom. The molecule has 0 spiro atoms. The van der Waals surface area contributed by atoms with Crippen molar-refractivity contribution in [1.29, 1.82) is 0 Å². The van der Waals surface area contributed by atoms with Gasteiger partial charge in [-0.2, -0.15) is 0 Å². The number of aromatic nitrogens is 1. The van der Waals surface area contributed by atoms with E-state index in [1.54, 1.807) is 0 Å². The van der Waals surface area contributed by atoms with Gasteiger partial charge in [-0.25, -0.2) is 5.84 Å². The van der Waals surface area contributed by atoms with Gasteiger partial charge >= 0.3 is 0 Å². The molecule has 14 nitrogen and oxygen atoms in total. The zero-order valence-corrected chi connectivity index (χ0v) is 22.1. The largest absolute Gasteiger partial charge is 0.403 e. The first-order valence-electron chi connectivity index (χ1n) is 12.8. The van der Waals surface area contributed by atoms with Gasteiger partial charge in [-0.3, -0.25) is 28.8 Å². The zero-order valence-electron chi connectivity index (χ0n) is 22.1. The summed E-state index contributed by atoms with van der Waals surface area (Å²) in [5, 5.41) is 11.0. The molecule has 2 fully saturated rings. The highest BCUT2D eigenvalue weighted by Crippen LogP contribution is 2.44. The number of fused-ring (bicyclic) bond motifs is 2. The van der Waals surface area contributed by atoms with Crippen molar-refractivity contribution in [3.8, 4) is 0 Å². The van der Waals surface area contributed by atoms with E-state index in [4.69, 9.17) is 11.6 Å². The highest BCUT2D eigenvalue weighted by Gasteiger charge is 2.40. The average molecular weight is 545 g/mol. The lowest BCUT2D eigenvalue weighted by atomic mass is 9.95. The first kappa shape index (κ1) is 29.4. The molecule has 0 radical (unpaired) electrons. The summed E-state index contributed by atoms with van der Waals surface area (Å²) in [6, 6.07) is 1.66. The fraction of sp³-hybridized carbons (Fsp3) is 0.520. The number of nitrogens with zero attached hydrogens (tertiary/aromatic N) is 2. The maximum Gasteiger partial charge on any atom is 0.287 e. The summed E-state index contributed by atoms with van der Waals surface area (Å²) >= 11 is 0. The number of rotatable bonds is 12. The van der Waals surface area contributed by atoms with Crippen molar-refractivity contribution in [2.45, 2.75) is 57.2 Å². The van der Waals surface area contributed by atoms with Crippen LogP contribution >= 0.6 is 0 Å². The minimum atomic E-state index is -1.32. The number of likely N-dealkylation sites (N-methyl/N-ethyl adjacent to an activating group) is 2. The van der Waals surface area contributed by atoms with E-state index in [1.807, 2.05) is 0 Å². The van der Waals surface area contributed by atoms with Gasteiger partial charge < -0.3 is 36.6 Å². The van der Waals surface area contributed by atoms with Gasteiger partial charge in [-0.05, 0) is 49.7 Å². The number of pyridine rings is 1. The third-order valence-corrected chi connectivity index (χ3v) is 7.21. The molecule has 212 valence electrons. The quantitative estimate of drug-likeness (QED) is 0.0763. The van der Waals surface area contributed by atoms with E-state index in [-0.39, 0.29) is 42.7 Å². The van der Waals surface area contributed by atoms with E-state index in [0.717, 1.165) is 30.5 Å². The smallest absolute Gasteiger partial charge is 0.287 e. The number of hydrogen-bond acceptors (Lipinski definition) is 9. The van der Waals surface area contributed by atoms with E-state index < -0.39 is 35.1 Å². The molecule has 3 rings (SSSR count). The number of Topliss-reactive ketones (excluding diaryl/α,β-unsaturated/α-hetero) is 1. The topological polar surface area (TPSA) is 211 Å². The molecule has 2 saturated carbocycles. The second kappa shape index (κ2) is 13.0. The highest BCUT2D eigenvalue weighted by atomic mass is 16.2. The van der Waals surface area contributed by atoms with Crippen molar-refractivity contribution in [3.63, 3.8) is 0 Å². The van der Waals surface area contributed by atoms with Crippen molar-refractivity contribution in [3.05, 3.63) is 40.6 Å². The molecule has 2 aliphatic rings. The highest BCUT2D eigenvalue weighted by molar-refractivity contribution is 6.36. The van der Waals surface area contributed by atoms with Crippen LogP contribution in [0.2, 0.25) is 0 Å². The van der Waals surface area contributed by atoms with Crippen LogP contribution in [0.3, 0.4) is 0 Å². The summed E-state index contributed by atoms with van der Waals surface area (Å²) in [5.74, 6) is 3.18. The monoisotopic (exact) mass is 544 g/mol. The van der Waals surface area contributed by atoms with Gasteiger partial charge in [0.15, 0.2) is 0 Å². The number of ketones is 1. The van der Waals surface area contributed by atoms with Crippen LogP contribution < -0.4 is 38.4 Å². The van der Waals surface area contributed by atoms with Crippen LogP contribution in [0.4, 0.5) is 5.69 Å². The summed E-state index contributed by atoms with van der Waals surface area (Å²) in [6.45, 7) is -0.218. The van der Waals surface area contributed by atoms with E-state index >= 15 is 0 Å². The Labute approximate surface area is 225 Å². The van der Waals surface area contributed by atoms with E-state index in [0.29, 0.717) is 11.8 Å². The van der Waals surface area contributed by atoms with Crippen molar-refractivity contribution in [2.75, 3.05) is 19.4 Å². The molecule has 1 heterocycles. The number of carbonyl (C=O) groups is 5. The predicted molar refractivity (Wildman–Crippen MR) is 141 cm³/mol. The molecule has 8 N–H and O–H groups in total. The Balaban J connectivity index is 1.70. The van der Waals surface area contributed by atoms with Gasteiger partial charge in [0.25, 0.3) is 17.4 Å². The van der Waals surface area contributed by atoms with Crippen LogP contribution in [0.15, 0.2) is 35.0 Å². The lowest BCUT2D eigenvalue weighted by molar-refractivity contribution is -0.137. The molecule has 4 amide bonds. The lowest BCUT2D eigenvalue weighted by Crippen LogP contribution is -2.48. The Morgan fingerprint density at radius 2 is 1.92 bits per heavy atom. The van der Waals surface area contributed by atoms with Crippen LogP contribution in [0, 0.1) is 11.8 Å². The third-order valence-electron chi connectivity index (χ3n) is 7.21.